The SMILES string of the molecule is C[C@@]12CC[C@@H]3[C@](C)(CC[C@@H](O)[C@]3(C)CO)[C@H]1CC[C@H]1C(=CC(=O)[C@@H]3[C@]1(C)C[C@@H](O)[C@@H](O)[C@]3(C)COC(=O)/C=C/c1ccc(O)cc1)C2. The Kier molecular flexibility index (Phi) is 8.64. The first-order valence-electron chi connectivity index (χ1n) is 17.5. The molecule has 5 N–H and O–H groups in total. The van der Waals surface area contributed by atoms with Crippen LogP contribution in [0.2, 0.25) is 0 Å². The highest BCUT2D eigenvalue weighted by atomic mass is 16.5. The van der Waals surface area contributed by atoms with Crippen molar-refractivity contribution < 1.29 is 39.9 Å². The second-order valence-electron chi connectivity index (χ2n) is 17.1. The van der Waals surface area contributed by atoms with Gasteiger partial charge in [-0.15, -0.1) is 0 Å². The number of carbonyl (C=O) groups is 2. The number of esters is 1. The van der Waals surface area contributed by atoms with Crippen molar-refractivity contribution in [1.82, 2.24) is 0 Å². The average Bonchev–Trinajstić information content (AvgIpc) is 3.17. The minimum absolute atomic E-state index is 0.0275. The molecule has 5 aliphatic rings. The van der Waals surface area contributed by atoms with Crippen LogP contribution in [0.4, 0.5) is 0 Å². The van der Waals surface area contributed by atoms with E-state index in [-0.39, 0.29) is 53.8 Å². The molecule has 0 radical (unpaired) electrons. The van der Waals surface area contributed by atoms with Crippen LogP contribution in [0.15, 0.2) is 42.0 Å². The lowest BCUT2D eigenvalue weighted by molar-refractivity contribution is -0.201. The van der Waals surface area contributed by atoms with Gasteiger partial charge in [0.05, 0.1) is 24.9 Å². The molecular weight excluding hydrogens is 596 g/mol. The number of hydrogen-bond donors (Lipinski definition) is 5. The van der Waals surface area contributed by atoms with E-state index in [0.29, 0.717) is 17.9 Å². The number of rotatable bonds is 5. The molecule has 1 aromatic carbocycles. The maximum atomic E-state index is 14.3. The molecule has 0 unspecified atom stereocenters. The van der Waals surface area contributed by atoms with Crippen molar-refractivity contribution in [3.63, 3.8) is 0 Å². The molecule has 4 saturated carbocycles. The normalized spacial score (nSPS) is 46.4. The van der Waals surface area contributed by atoms with Gasteiger partial charge in [0.25, 0.3) is 0 Å². The van der Waals surface area contributed by atoms with Crippen molar-refractivity contribution in [2.24, 2.45) is 50.7 Å². The Bertz CT molecular complexity index is 1450. The first-order chi connectivity index (χ1) is 22.0. The first kappa shape index (κ1) is 34.3. The van der Waals surface area contributed by atoms with Crippen LogP contribution in [0.3, 0.4) is 0 Å². The van der Waals surface area contributed by atoms with Gasteiger partial charge in [-0.3, -0.25) is 4.79 Å². The van der Waals surface area contributed by atoms with Crippen molar-refractivity contribution in [2.45, 2.75) is 104 Å². The first-order valence-corrected chi connectivity index (χ1v) is 17.5. The lowest BCUT2D eigenvalue weighted by Crippen LogP contribution is -2.64. The van der Waals surface area contributed by atoms with E-state index in [1.165, 1.54) is 18.2 Å². The van der Waals surface area contributed by atoms with Crippen molar-refractivity contribution in [3.8, 4) is 5.75 Å². The van der Waals surface area contributed by atoms with Crippen molar-refractivity contribution in [2.75, 3.05) is 13.2 Å². The summed E-state index contributed by atoms with van der Waals surface area (Å²) in [7, 11) is 0. The van der Waals surface area contributed by atoms with Crippen molar-refractivity contribution in [1.29, 1.82) is 0 Å². The predicted molar refractivity (Wildman–Crippen MR) is 178 cm³/mol. The number of carbonyl (C=O) groups excluding carboxylic acids is 2. The fraction of sp³-hybridized carbons (Fsp3) is 0.692. The van der Waals surface area contributed by atoms with Crippen LogP contribution >= 0.6 is 0 Å². The van der Waals surface area contributed by atoms with Crippen LogP contribution in [0.5, 0.6) is 5.75 Å². The molecule has 258 valence electrons. The number of phenols is 1. The molecule has 5 aliphatic carbocycles. The number of aliphatic hydroxyl groups is 4. The molecule has 0 saturated heterocycles. The standard InChI is InChI=1S/C39H54O8/c1-35-16-14-30-36(2,17-15-31(44)38(30,4)21-40)29(35)12-11-26-24(19-35)18-27(42)33-37(26,3)20-28(43)34(46)39(33,5)22-47-32(45)13-8-23-6-9-25(41)10-7-23/h6-10,13,18,26,28-31,33-34,40-41,43-44,46H,11-12,14-17,19-22H2,1-5H3/b13-8+/t26-,28+,29-,30+,31+,33+,34+,35-,36+,37+,38+,39+/m0/s1. The minimum atomic E-state index is -1.25. The third kappa shape index (κ3) is 5.33. The largest absolute Gasteiger partial charge is 0.508 e. The molecule has 0 aliphatic heterocycles. The summed E-state index contributed by atoms with van der Waals surface area (Å²) in [5.74, 6) is -0.628. The van der Waals surface area contributed by atoms with E-state index >= 15 is 0 Å². The van der Waals surface area contributed by atoms with Gasteiger partial charge >= 0.3 is 5.97 Å². The van der Waals surface area contributed by atoms with Crippen molar-refractivity contribution >= 4 is 17.8 Å². The second kappa shape index (κ2) is 11.8. The topological polar surface area (TPSA) is 145 Å². The van der Waals surface area contributed by atoms with Gasteiger partial charge in [-0.1, -0.05) is 52.3 Å². The molecule has 12 atom stereocenters. The molecule has 1 aromatic rings. The summed E-state index contributed by atoms with van der Waals surface area (Å²) in [6, 6.07) is 6.39. The van der Waals surface area contributed by atoms with Crippen LogP contribution in [0.25, 0.3) is 6.08 Å². The Hall–Kier alpha value is -2.52. The van der Waals surface area contributed by atoms with Crippen LogP contribution < -0.4 is 0 Å². The fourth-order valence-electron chi connectivity index (χ4n) is 12.1. The molecule has 6 rings (SSSR count). The summed E-state index contributed by atoms with van der Waals surface area (Å²) >= 11 is 0. The molecule has 8 nitrogen and oxygen atoms in total. The Morgan fingerprint density at radius 1 is 0.915 bits per heavy atom. The average molecular weight is 651 g/mol. The zero-order valence-electron chi connectivity index (χ0n) is 28.6. The van der Waals surface area contributed by atoms with Crippen molar-refractivity contribution in [3.05, 3.63) is 47.6 Å². The van der Waals surface area contributed by atoms with Gasteiger partial charge in [0.2, 0.25) is 0 Å². The number of ether oxygens (including phenoxy) is 1. The summed E-state index contributed by atoms with van der Waals surface area (Å²) in [6.45, 7) is 10.4. The van der Waals surface area contributed by atoms with E-state index in [0.717, 1.165) is 44.1 Å². The van der Waals surface area contributed by atoms with Gasteiger partial charge in [-0.2, -0.15) is 0 Å². The maximum absolute atomic E-state index is 14.3. The number of hydrogen-bond acceptors (Lipinski definition) is 8. The molecule has 47 heavy (non-hydrogen) atoms. The molecule has 0 heterocycles. The smallest absolute Gasteiger partial charge is 0.330 e. The highest BCUT2D eigenvalue weighted by Gasteiger charge is 2.67. The Balaban J connectivity index is 1.28. The third-order valence-electron chi connectivity index (χ3n) is 14.3. The molecule has 0 amide bonds. The highest BCUT2D eigenvalue weighted by molar-refractivity contribution is 5.95. The van der Waals surface area contributed by atoms with E-state index in [2.05, 4.69) is 27.7 Å². The predicted octanol–water partition coefficient (Wildman–Crippen LogP) is 5.20. The third-order valence-corrected chi connectivity index (χ3v) is 14.3. The number of allylic oxidation sites excluding steroid dienone is 2. The molecule has 0 spiro atoms. The zero-order valence-corrected chi connectivity index (χ0v) is 28.6. The van der Waals surface area contributed by atoms with Crippen LogP contribution in [-0.2, 0) is 14.3 Å². The summed E-state index contributed by atoms with van der Waals surface area (Å²) in [4.78, 5) is 27.1. The summed E-state index contributed by atoms with van der Waals surface area (Å²) in [5, 5.41) is 53.9. The van der Waals surface area contributed by atoms with E-state index in [1.54, 1.807) is 25.1 Å². The maximum Gasteiger partial charge on any atom is 0.330 e. The quantitative estimate of drug-likeness (QED) is 0.216. The highest BCUT2D eigenvalue weighted by Crippen LogP contribution is 2.70. The van der Waals surface area contributed by atoms with Crippen LogP contribution in [0, 0.1) is 50.7 Å². The number of benzene rings is 1. The number of fused-ring (bicyclic) bond motifs is 6. The van der Waals surface area contributed by atoms with Gasteiger partial charge in [0.15, 0.2) is 5.78 Å². The van der Waals surface area contributed by atoms with Gasteiger partial charge < -0.3 is 30.3 Å². The fourth-order valence-corrected chi connectivity index (χ4v) is 12.1. The Morgan fingerprint density at radius 2 is 1.62 bits per heavy atom. The Labute approximate surface area is 278 Å². The minimum Gasteiger partial charge on any atom is -0.508 e. The number of phenolic OH excluding ortho intramolecular Hbond substituents is 1. The van der Waals surface area contributed by atoms with Gasteiger partial charge in [-0.05, 0) is 115 Å². The molecule has 0 aromatic heterocycles. The van der Waals surface area contributed by atoms with E-state index in [1.807, 2.05) is 6.08 Å². The van der Waals surface area contributed by atoms with E-state index < -0.39 is 46.4 Å². The van der Waals surface area contributed by atoms with E-state index in [9.17, 15) is 35.1 Å². The van der Waals surface area contributed by atoms with Gasteiger partial charge in [0.1, 0.15) is 12.4 Å². The lowest BCUT2D eigenvalue weighted by Gasteiger charge is -2.64. The zero-order chi connectivity index (χ0) is 34.2. The molecule has 0 bridgehead atoms. The summed E-state index contributed by atoms with van der Waals surface area (Å²) < 4.78 is 5.70. The summed E-state index contributed by atoms with van der Waals surface area (Å²) in [6.07, 6.45) is 8.21. The van der Waals surface area contributed by atoms with Gasteiger partial charge in [-0.25, -0.2) is 4.79 Å². The second-order valence-corrected chi connectivity index (χ2v) is 17.1. The number of ketones is 1. The number of aromatic hydroxyl groups is 1. The number of aliphatic hydroxyl groups excluding tert-OH is 4. The monoisotopic (exact) mass is 650 g/mol. The van der Waals surface area contributed by atoms with E-state index in [4.69, 9.17) is 4.74 Å². The molecule has 8 heteroatoms. The lowest BCUT2D eigenvalue weighted by atomic mass is 9.42. The summed E-state index contributed by atoms with van der Waals surface area (Å²) in [5.41, 5.74) is -0.626. The van der Waals surface area contributed by atoms with Gasteiger partial charge in [0, 0.05) is 22.8 Å². The van der Waals surface area contributed by atoms with Crippen LogP contribution in [0.1, 0.15) is 91.5 Å². The molecule has 4 fully saturated rings. The Morgan fingerprint density at radius 3 is 2.30 bits per heavy atom. The van der Waals surface area contributed by atoms with Crippen LogP contribution in [-0.4, -0.2) is 68.8 Å². The molecular formula is C39H54O8.